The van der Waals surface area contributed by atoms with Crippen LogP contribution in [0.1, 0.15) is 58.4 Å². The van der Waals surface area contributed by atoms with Gasteiger partial charge in [0.05, 0.1) is 0 Å². The molecule has 1 aromatic heterocycles. The molecular weight excluding hydrogens is 348 g/mol. The van der Waals surface area contributed by atoms with Crippen LogP contribution < -0.4 is 5.32 Å². The number of aromatic carboxylic acids is 1. The normalized spacial score (nSPS) is 14.3. The van der Waals surface area contributed by atoms with Crippen molar-refractivity contribution >= 4 is 23.5 Å². The van der Waals surface area contributed by atoms with Crippen LogP contribution in [0.3, 0.4) is 0 Å². The number of carboxylic acids is 1. The maximum absolute atomic E-state index is 12.4. The first-order valence-electron chi connectivity index (χ1n) is 9.02. The first-order valence-corrected chi connectivity index (χ1v) is 9.02. The van der Waals surface area contributed by atoms with Gasteiger partial charge >= 0.3 is 5.97 Å². The summed E-state index contributed by atoms with van der Waals surface area (Å²) >= 11 is 0. The zero-order chi connectivity index (χ0) is 19.4. The maximum Gasteiger partial charge on any atom is 0.339 e. The van der Waals surface area contributed by atoms with Crippen molar-refractivity contribution in [2.24, 2.45) is 0 Å². The molecule has 3 rings (SSSR count). The van der Waals surface area contributed by atoms with Crippen molar-refractivity contribution in [3.8, 4) is 0 Å². The summed E-state index contributed by atoms with van der Waals surface area (Å²) in [6.07, 6.45) is 2.91. The Labute approximate surface area is 157 Å². The van der Waals surface area contributed by atoms with Crippen LogP contribution in [0.5, 0.6) is 0 Å². The fraction of sp³-hybridized carbons (Fsp3) is 0.350. The van der Waals surface area contributed by atoms with Gasteiger partial charge in [0.25, 0.3) is 5.91 Å². The number of carbonyl (C=O) groups excluding carboxylic acids is 2. The van der Waals surface area contributed by atoms with Gasteiger partial charge in [0.1, 0.15) is 11.3 Å². The first kappa shape index (κ1) is 18.7. The molecule has 2 heterocycles. The second-order valence-electron chi connectivity index (χ2n) is 6.53. The number of piperidine rings is 1. The van der Waals surface area contributed by atoms with Gasteiger partial charge in [-0.1, -0.05) is 19.1 Å². The van der Waals surface area contributed by atoms with Gasteiger partial charge in [-0.3, -0.25) is 9.59 Å². The number of hydrogen-bond acceptors (Lipinski definition) is 4. The molecule has 1 saturated heterocycles. The summed E-state index contributed by atoms with van der Waals surface area (Å²) in [5, 5.41) is 11.9. The van der Waals surface area contributed by atoms with Crippen molar-refractivity contribution < 1.29 is 23.9 Å². The Bertz CT molecular complexity index is 871. The van der Waals surface area contributed by atoms with Crippen molar-refractivity contribution in [2.45, 2.75) is 39.2 Å². The second kappa shape index (κ2) is 8.07. The van der Waals surface area contributed by atoms with Crippen LogP contribution >= 0.6 is 0 Å². The Hall–Kier alpha value is -3.09. The van der Waals surface area contributed by atoms with Crippen LogP contribution in [0.15, 0.2) is 34.7 Å². The number of nitrogens with zero attached hydrogens (tertiary/aromatic N) is 1. The minimum Gasteiger partial charge on any atom is -0.478 e. The Morgan fingerprint density at radius 1 is 1.26 bits per heavy atom. The third kappa shape index (κ3) is 4.36. The molecule has 0 atom stereocenters. The standard InChI is InChI=1S/C20H22N2O5/c1-2-16-15(20(25)26)11-17(27-16)19(24)21-14-7-5-6-13(10-14)12-22-9-4-3-8-18(22)23/h5-7,10-11H,2-4,8-9,12H2,1H3,(H,21,24)(H,25,26). The largest absolute Gasteiger partial charge is 0.478 e. The summed E-state index contributed by atoms with van der Waals surface area (Å²) < 4.78 is 5.38. The molecule has 0 saturated carbocycles. The zero-order valence-corrected chi connectivity index (χ0v) is 15.2. The lowest BCUT2D eigenvalue weighted by atomic mass is 10.1. The predicted octanol–water partition coefficient (Wildman–Crippen LogP) is 3.31. The highest BCUT2D eigenvalue weighted by molar-refractivity contribution is 6.04. The van der Waals surface area contributed by atoms with Gasteiger partial charge in [-0.25, -0.2) is 4.79 Å². The molecule has 0 bridgehead atoms. The molecule has 1 aromatic carbocycles. The molecule has 2 amide bonds. The number of benzene rings is 1. The number of amides is 2. The summed E-state index contributed by atoms with van der Waals surface area (Å²) in [4.78, 5) is 37.4. The van der Waals surface area contributed by atoms with Crippen molar-refractivity contribution in [3.05, 3.63) is 53.0 Å². The number of rotatable bonds is 6. The van der Waals surface area contributed by atoms with E-state index in [1.54, 1.807) is 13.0 Å². The number of carboxylic acid groups (broad SMARTS) is 1. The van der Waals surface area contributed by atoms with Crippen molar-refractivity contribution in [3.63, 3.8) is 0 Å². The predicted molar refractivity (Wildman–Crippen MR) is 98.7 cm³/mol. The van der Waals surface area contributed by atoms with E-state index < -0.39 is 11.9 Å². The number of aryl methyl sites for hydroxylation is 1. The van der Waals surface area contributed by atoms with E-state index in [1.807, 2.05) is 23.1 Å². The molecule has 0 unspecified atom stereocenters. The molecule has 142 valence electrons. The van der Waals surface area contributed by atoms with Crippen LogP contribution in [0.25, 0.3) is 0 Å². The monoisotopic (exact) mass is 370 g/mol. The fourth-order valence-electron chi connectivity index (χ4n) is 3.17. The number of nitrogens with one attached hydrogen (secondary N) is 1. The molecule has 2 N–H and O–H groups in total. The van der Waals surface area contributed by atoms with Crippen LogP contribution in [-0.4, -0.2) is 34.3 Å². The van der Waals surface area contributed by atoms with Gasteiger partial charge in [-0.15, -0.1) is 0 Å². The lowest BCUT2D eigenvalue weighted by Crippen LogP contribution is -2.34. The number of anilines is 1. The average Bonchev–Trinajstić information content (AvgIpc) is 3.09. The number of hydrogen-bond donors (Lipinski definition) is 2. The highest BCUT2D eigenvalue weighted by Crippen LogP contribution is 2.20. The Morgan fingerprint density at radius 2 is 2.07 bits per heavy atom. The number of furan rings is 1. The second-order valence-corrected chi connectivity index (χ2v) is 6.53. The van der Waals surface area contributed by atoms with Crippen LogP contribution in [0, 0.1) is 0 Å². The van der Waals surface area contributed by atoms with E-state index in [-0.39, 0.29) is 23.0 Å². The van der Waals surface area contributed by atoms with E-state index in [4.69, 9.17) is 4.42 Å². The van der Waals surface area contributed by atoms with E-state index in [1.165, 1.54) is 6.07 Å². The first-order chi connectivity index (χ1) is 13.0. The molecule has 1 aliphatic heterocycles. The lowest BCUT2D eigenvalue weighted by molar-refractivity contribution is -0.133. The quantitative estimate of drug-likeness (QED) is 0.813. The Balaban J connectivity index is 1.71. The van der Waals surface area contributed by atoms with Crippen LogP contribution in [0.2, 0.25) is 0 Å². The minimum atomic E-state index is -1.12. The smallest absolute Gasteiger partial charge is 0.339 e. The van der Waals surface area contributed by atoms with Gasteiger partial charge in [0.15, 0.2) is 5.76 Å². The molecule has 0 aliphatic carbocycles. The molecule has 1 aliphatic rings. The summed E-state index contributed by atoms with van der Waals surface area (Å²) in [6, 6.07) is 8.50. The third-order valence-electron chi connectivity index (χ3n) is 4.56. The Morgan fingerprint density at radius 3 is 2.74 bits per heavy atom. The van der Waals surface area contributed by atoms with Crippen molar-refractivity contribution in [2.75, 3.05) is 11.9 Å². The molecule has 0 spiro atoms. The van der Waals surface area contributed by atoms with E-state index in [9.17, 15) is 19.5 Å². The summed E-state index contributed by atoms with van der Waals surface area (Å²) in [7, 11) is 0. The summed E-state index contributed by atoms with van der Waals surface area (Å²) in [5.74, 6) is -1.25. The topological polar surface area (TPSA) is 99.9 Å². The number of likely N-dealkylation sites (tertiary alicyclic amines) is 1. The van der Waals surface area contributed by atoms with Gasteiger partial charge in [0, 0.05) is 37.7 Å². The van der Waals surface area contributed by atoms with Crippen LogP contribution in [0.4, 0.5) is 5.69 Å². The summed E-state index contributed by atoms with van der Waals surface area (Å²) in [6.45, 7) is 3.02. The van der Waals surface area contributed by atoms with Crippen molar-refractivity contribution in [1.29, 1.82) is 0 Å². The van der Waals surface area contributed by atoms with E-state index in [2.05, 4.69) is 5.32 Å². The van der Waals surface area contributed by atoms with Gasteiger partial charge in [-0.2, -0.15) is 0 Å². The lowest BCUT2D eigenvalue weighted by Gasteiger charge is -2.26. The minimum absolute atomic E-state index is 0.0000107. The molecule has 7 nitrogen and oxygen atoms in total. The zero-order valence-electron chi connectivity index (χ0n) is 15.2. The molecule has 27 heavy (non-hydrogen) atoms. The molecule has 0 radical (unpaired) electrons. The van der Waals surface area contributed by atoms with Gasteiger partial charge in [0.2, 0.25) is 5.91 Å². The average molecular weight is 370 g/mol. The van der Waals surface area contributed by atoms with E-state index in [0.717, 1.165) is 24.9 Å². The molecule has 7 heteroatoms. The van der Waals surface area contributed by atoms with E-state index in [0.29, 0.717) is 25.1 Å². The van der Waals surface area contributed by atoms with Gasteiger partial charge < -0.3 is 19.7 Å². The molecule has 2 aromatic rings. The van der Waals surface area contributed by atoms with Crippen molar-refractivity contribution in [1.82, 2.24) is 4.90 Å². The maximum atomic E-state index is 12.4. The highest BCUT2D eigenvalue weighted by atomic mass is 16.4. The number of carbonyl (C=O) groups is 3. The summed E-state index contributed by atoms with van der Waals surface area (Å²) in [5.41, 5.74) is 1.48. The highest BCUT2D eigenvalue weighted by Gasteiger charge is 2.21. The molecular formula is C20H22N2O5. The SMILES string of the molecule is CCc1oc(C(=O)Nc2cccc(CN3CCCCC3=O)c2)cc1C(=O)O. The Kier molecular flexibility index (Phi) is 5.59. The van der Waals surface area contributed by atoms with E-state index >= 15 is 0 Å². The fourth-order valence-corrected chi connectivity index (χ4v) is 3.17. The van der Waals surface area contributed by atoms with Crippen LogP contribution in [-0.2, 0) is 17.8 Å². The molecule has 1 fully saturated rings. The van der Waals surface area contributed by atoms with Gasteiger partial charge in [-0.05, 0) is 30.5 Å². The third-order valence-corrected chi connectivity index (χ3v) is 4.56.